The first kappa shape index (κ1) is 13.6. The molecular formula is C16H19NO2. The summed E-state index contributed by atoms with van der Waals surface area (Å²) < 4.78 is 0. The number of carboxylic acid groups (broad SMARTS) is 1. The fraction of sp³-hybridized carbons (Fsp3) is 0.312. The summed E-state index contributed by atoms with van der Waals surface area (Å²) in [6.45, 7) is 1.98. The summed E-state index contributed by atoms with van der Waals surface area (Å²) in [4.78, 5) is 13.2. The van der Waals surface area contributed by atoms with Gasteiger partial charge in [-0.25, -0.2) is 0 Å². The number of carboxylic acids is 1. The molecule has 0 saturated heterocycles. The van der Waals surface area contributed by atoms with Crippen molar-refractivity contribution in [2.45, 2.75) is 18.9 Å². The van der Waals surface area contributed by atoms with E-state index in [1.807, 2.05) is 56.3 Å². The standard InChI is InChI=1S/C16H19NO2/c1-16(17(2)3,11-15(18)19)14-10-6-8-12-7-4-5-9-13(12)14/h4-10H,11H2,1-3H3,(H,18,19). The number of rotatable bonds is 4. The Hall–Kier alpha value is -1.87. The molecule has 0 fully saturated rings. The topological polar surface area (TPSA) is 40.5 Å². The maximum absolute atomic E-state index is 11.2. The highest BCUT2D eigenvalue weighted by Gasteiger charge is 2.33. The molecule has 19 heavy (non-hydrogen) atoms. The van der Waals surface area contributed by atoms with E-state index in [0.29, 0.717) is 0 Å². The third-order valence-electron chi connectivity index (χ3n) is 3.85. The molecule has 0 radical (unpaired) electrons. The number of nitrogens with zero attached hydrogens (tertiary/aromatic N) is 1. The molecule has 0 heterocycles. The number of carbonyl (C=O) groups is 1. The van der Waals surface area contributed by atoms with Crippen LogP contribution in [-0.2, 0) is 10.3 Å². The smallest absolute Gasteiger partial charge is 0.305 e. The number of hydrogen-bond acceptors (Lipinski definition) is 2. The van der Waals surface area contributed by atoms with E-state index >= 15 is 0 Å². The largest absolute Gasteiger partial charge is 0.481 e. The molecular weight excluding hydrogens is 238 g/mol. The summed E-state index contributed by atoms with van der Waals surface area (Å²) in [6.07, 6.45) is 0.0774. The second-order valence-corrected chi connectivity index (χ2v) is 5.27. The lowest BCUT2D eigenvalue weighted by Gasteiger charge is -2.36. The van der Waals surface area contributed by atoms with E-state index in [1.54, 1.807) is 0 Å². The predicted molar refractivity (Wildman–Crippen MR) is 77.2 cm³/mol. The molecule has 100 valence electrons. The van der Waals surface area contributed by atoms with Gasteiger partial charge in [0.05, 0.1) is 12.0 Å². The summed E-state index contributed by atoms with van der Waals surface area (Å²) in [5.74, 6) is -0.788. The van der Waals surface area contributed by atoms with Crippen molar-refractivity contribution < 1.29 is 9.90 Å². The van der Waals surface area contributed by atoms with Crippen molar-refractivity contribution in [3.8, 4) is 0 Å². The zero-order valence-electron chi connectivity index (χ0n) is 11.6. The summed E-state index contributed by atoms with van der Waals surface area (Å²) in [6, 6.07) is 14.1. The van der Waals surface area contributed by atoms with Crippen molar-refractivity contribution in [3.05, 3.63) is 48.0 Å². The molecule has 1 unspecified atom stereocenters. The van der Waals surface area contributed by atoms with Crippen LogP contribution in [0, 0.1) is 0 Å². The number of benzene rings is 2. The molecule has 0 bridgehead atoms. The highest BCUT2D eigenvalue weighted by molar-refractivity contribution is 5.87. The third-order valence-corrected chi connectivity index (χ3v) is 3.85. The van der Waals surface area contributed by atoms with Gasteiger partial charge >= 0.3 is 5.97 Å². The zero-order valence-corrected chi connectivity index (χ0v) is 11.6. The Bertz CT molecular complexity index is 601. The molecule has 2 aromatic carbocycles. The van der Waals surface area contributed by atoms with Gasteiger partial charge in [-0.3, -0.25) is 9.69 Å². The zero-order chi connectivity index (χ0) is 14.0. The first-order valence-electron chi connectivity index (χ1n) is 6.32. The molecule has 1 N–H and O–H groups in total. The Balaban J connectivity index is 2.66. The monoisotopic (exact) mass is 257 g/mol. The third kappa shape index (κ3) is 2.47. The second kappa shape index (κ2) is 5.02. The molecule has 0 aliphatic heterocycles. The molecule has 0 aliphatic carbocycles. The van der Waals surface area contributed by atoms with E-state index in [-0.39, 0.29) is 6.42 Å². The maximum Gasteiger partial charge on any atom is 0.305 e. The quantitative estimate of drug-likeness (QED) is 0.915. The molecule has 3 nitrogen and oxygen atoms in total. The molecule has 0 spiro atoms. The van der Waals surface area contributed by atoms with E-state index in [0.717, 1.165) is 16.3 Å². The molecule has 3 heteroatoms. The van der Waals surface area contributed by atoms with Crippen molar-refractivity contribution in [3.63, 3.8) is 0 Å². The molecule has 0 aliphatic rings. The minimum Gasteiger partial charge on any atom is -0.481 e. The fourth-order valence-corrected chi connectivity index (χ4v) is 2.48. The Kier molecular flexibility index (Phi) is 3.58. The van der Waals surface area contributed by atoms with Gasteiger partial charge in [0.2, 0.25) is 0 Å². The highest BCUT2D eigenvalue weighted by Crippen LogP contribution is 2.34. The molecule has 0 saturated carbocycles. The minimum atomic E-state index is -0.788. The lowest BCUT2D eigenvalue weighted by Crippen LogP contribution is -2.40. The van der Waals surface area contributed by atoms with Gasteiger partial charge in [-0.2, -0.15) is 0 Å². The Morgan fingerprint density at radius 3 is 2.42 bits per heavy atom. The SMILES string of the molecule is CN(C)C(C)(CC(=O)O)c1cccc2ccccc12. The van der Waals surface area contributed by atoms with E-state index in [4.69, 9.17) is 0 Å². The van der Waals surface area contributed by atoms with Crippen molar-refractivity contribution >= 4 is 16.7 Å². The Morgan fingerprint density at radius 2 is 1.79 bits per heavy atom. The number of hydrogen-bond donors (Lipinski definition) is 1. The first-order valence-corrected chi connectivity index (χ1v) is 6.32. The van der Waals surface area contributed by atoms with Gasteiger partial charge in [0.1, 0.15) is 0 Å². The van der Waals surface area contributed by atoms with Gasteiger partial charge < -0.3 is 5.11 Å². The van der Waals surface area contributed by atoms with E-state index in [9.17, 15) is 9.90 Å². The van der Waals surface area contributed by atoms with Gasteiger partial charge in [-0.15, -0.1) is 0 Å². The van der Waals surface area contributed by atoms with E-state index < -0.39 is 11.5 Å². The first-order chi connectivity index (χ1) is 8.95. The van der Waals surface area contributed by atoms with Crippen LogP contribution in [0.1, 0.15) is 18.9 Å². The van der Waals surface area contributed by atoms with Crippen LogP contribution < -0.4 is 0 Å². The van der Waals surface area contributed by atoms with Crippen LogP contribution in [0.25, 0.3) is 10.8 Å². The van der Waals surface area contributed by atoms with E-state index in [2.05, 4.69) is 12.1 Å². The van der Waals surface area contributed by atoms with Crippen molar-refractivity contribution in [2.24, 2.45) is 0 Å². The lowest BCUT2D eigenvalue weighted by molar-refractivity contribution is -0.140. The Morgan fingerprint density at radius 1 is 1.16 bits per heavy atom. The normalized spacial score (nSPS) is 14.5. The molecule has 2 rings (SSSR count). The van der Waals surface area contributed by atoms with Crippen LogP contribution in [0.2, 0.25) is 0 Å². The van der Waals surface area contributed by atoms with Crippen LogP contribution in [0.3, 0.4) is 0 Å². The fourth-order valence-electron chi connectivity index (χ4n) is 2.48. The van der Waals surface area contributed by atoms with Crippen LogP contribution in [-0.4, -0.2) is 30.1 Å². The van der Waals surface area contributed by atoms with Gasteiger partial charge in [0, 0.05) is 0 Å². The van der Waals surface area contributed by atoms with Crippen LogP contribution in [0.5, 0.6) is 0 Å². The Labute approximate surface area is 113 Å². The molecule has 0 amide bonds. The predicted octanol–water partition coefficient (Wildman–Crippen LogP) is 3.09. The van der Waals surface area contributed by atoms with Crippen LogP contribution in [0.4, 0.5) is 0 Å². The molecule has 0 aromatic heterocycles. The maximum atomic E-state index is 11.2. The number of fused-ring (bicyclic) bond motifs is 1. The average molecular weight is 257 g/mol. The molecule has 2 aromatic rings. The van der Waals surface area contributed by atoms with Crippen molar-refractivity contribution in [1.82, 2.24) is 4.90 Å². The van der Waals surface area contributed by atoms with Gasteiger partial charge in [-0.05, 0) is 37.4 Å². The summed E-state index contributed by atoms with van der Waals surface area (Å²) >= 11 is 0. The highest BCUT2D eigenvalue weighted by atomic mass is 16.4. The summed E-state index contributed by atoms with van der Waals surface area (Å²) in [5.41, 5.74) is 0.533. The second-order valence-electron chi connectivity index (χ2n) is 5.27. The van der Waals surface area contributed by atoms with Gasteiger partial charge in [-0.1, -0.05) is 42.5 Å². The van der Waals surface area contributed by atoms with Crippen molar-refractivity contribution in [1.29, 1.82) is 0 Å². The van der Waals surface area contributed by atoms with Gasteiger partial charge in [0.25, 0.3) is 0 Å². The summed E-state index contributed by atoms with van der Waals surface area (Å²) in [7, 11) is 3.84. The van der Waals surface area contributed by atoms with Crippen LogP contribution in [0.15, 0.2) is 42.5 Å². The van der Waals surface area contributed by atoms with Crippen molar-refractivity contribution in [2.75, 3.05) is 14.1 Å². The molecule has 1 atom stereocenters. The minimum absolute atomic E-state index is 0.0774. The summed E-state index contributed by atoms with van der Waals surface area (Å²) in [5, 5.41) is 11.5. The van der Waals surface area contributed by atoms with E-state index in [1.165, 1.54) is 0 Å². The van der Waals surface area contributed by atoms with Crippen LogP contribution >= 0.6 is 0 Å². The van der Waals surface area contributed by atoms with Gasteiger partial charge in [0.15, 0.2) is 0 Å². The lowest BCUT2D eigenvalue weighted by atomic mass is 9.84. The average Bonchev–Trinajstić information content (AvgIpc) is 2.37. The number of aliphatic carboxylic acids is 1.